The Hall–Kier alpha value is -3.13. The predicted octanol–water partition coefficient (Wildman–Crippen LogP) is 4.12. The van der Waals surface area contributed by atoms with Gasteiger partial charge in [0.05, 0.1) is 17.2 Å². The average Bonchev–Trinajstić information content (AvgIpc) is 3.03. The van der Waals surface area contributed by atoms with Crippen LogP contribution in [0, 0.1) is 5.92 Å². The van der Waals surface area contributed by atoms with E-state index in [1.165, 1.54) is 11.3 Å². The molecule has 0 spiro atoms. The molecule has 0 radical (unpaired) electrons. The van der Waals surface area contributed by atoms with Gasteiger partial charge >= 0.3 is 5.63 Å². The Bertz CT molecular complexity index is 1240. The molecular weight excluding hydrogens is 416 g/mol. The molecule has 2 aromatic heterocycles. The molecule has 3 N–H and O–H groups in total. The normalized spacial score (nSPS) is 15.7. The van der Waals surface area contributed by atoms with Crippen LogP contribution < -0.4 is 21.4 Å². The maximum atomic E-state index is 13.1. The SMILES string of the molecule is CC1CCc2c(sc(NC(=O)c3cc(=O)oc4cc(OC(C)C)ccc34)c2C(N)=O)C1. The van der Waals surface area contributed by atoms with E-state index in [-0.39, 0.29) is 17.3 Å². The lowest BCUT2D eigenvalue weighted by Crippen LogP contribution is -2.20. The summed E-state index contributed by atoms with van der Waals surface area (Å²) in [5, 5.41) is 3.72. The Balaban J connectivity index is 1.72. The lowest BCUT2D eigenvalue weighted by molar-refractivity contribution is 0.1000. The molecule has 31 heavy (non-hydrogen) atoms. The molecule has 2 amide bonds. The maximum absolute atomic E-state index is 13.1. The summed E-state index contributed by atoms with van der Waals surface area (Å²) >= 11 is 1.38. The van der Waals surface area contributed by atoms with Crippen LogP contribution in [-0.4, -0.2) is 17.9 Å². The van der Waals surface area contributed by atoms with Crippen LogP contribution in [0.5, 0.6) is 5.75 Å². The van der Waals surface area contributed by atoms with E-state index in [1.54, 1.807) is 18.2 Å². The van der Waals surface area contributed by atoms with Crippen LogP contribution in [0.15, 0.2) is 33.5 Å². The van der Waals surface area contributed by atoms with Gasteiger partial charge in [0.15, 0.2) is 0 Å². The van der Waals surface area contributed by atoms with Crippen LogP contribution in [0.3, 0.4) is 0 Å². The van der Waals surface area contributed by atoms with Crippen molar-refractivity contribution < 1.29 is 18.7 Å². The second-order valence-corrected chi connectivity index (χ2v) is 9.28. The van der Waals surface area contributed by atoms with E-state index in [0.29, 0.717) is 27.6 Å². The van der Waals surface area contributed by atoms with Gasteiger partial charge in [0.1, 0.15) is 16.3 Å². The monoisotopic (exact) mass is 440 g/mol. The second-order valence-electron chi connectivity index (χ2n) is 8.18. The van der Waals surface area contributed by atoms with E-state index in [1.807, 2.05) is 13.8 Å². The number of amides is 2. The molecule has 0 fully saturated rings. The van der Waals surface area contributed by atoms with Crippen molar-refractivity contribution in [1.29, 1.82) is 0 Å². The summed E-state index contributed by atoms with van der Waals surface area (Å²) in [5.74, 6) is -0.000470. The number of nitrogens with one attached hydrogen (secondary N) is 1. The van der Waals surface area contributed by atoms with Gasteiger partial charge in [-0.25, -0.2) is 4.79 Å². The van der Waals surface area contributed by atoms with Crippen molar-refractivity contribution >= 4 is 39.1 Å². The molecule has 7 nitrogen and oxygen atoms in total. The summed E-state index contributed by atoms with van der Waals surface area (Å²) < 4.78 is 10.9. The highest BCUT2D eigenvalue weighted by molar-refractivity contribution is 7.17. The van der Waals surface area contributed by atoms with Gasteiger partial charge in [-0.05, 0) is 56.7 Å². The number of carbonyl (C=O) groups excluding carboxylic acids is 2. The topological polar surface area (TPSA) is 112 Å². The van der Waals surface area contributed by atoms with E-state index in [2.05, 4.69) is 12.2 Å². The fourth-order valence-corrected chi connectivity index (χ4v) is 5.36. The number of nitrogens with two attached hydrogens (primary N) is 1. The van der Waals surface area contributed by atoms with Gasteiger partial charge in [0.2, 0.25) is 0 Å². The third-order valence-electron chi connectivity index (χ3n) is 5.32. The third kappa shape index (κ3) is 4.20. The van der Waals surface area contributed by atoms with Crippen molar-refractivity contribution in [2.75, 3.05) is 5.32 Å². The molecule has 1 atom stereocenters. The van der Waals surface area contributed by atoms with Gasteiger partial charge in [0.25, 0.3) is 11.8 Å². The summed E-state index contributed by atoms with van der Waals surface area (Å²) in [6.45, 7) is 5.95. The van der Waals surface area contributed by atoms with Gasteiger partial charge in [0, 0.05) is 22.4 Å². The summed E-state index contributed by atoms with van der Waals surface area (Å²) in [6, 6.07) is 6.15. The Morgan fingerprint density at radius 3 is 2.77 bits per heavy atom. The minimum atomic E-state index is -0.645. The molecule has 0 saturated carbocycles. The average molecular weight is 441 g/mol. The van der Waals surface area contributed by atoms with Crippen LogP contribution in [-0.2, 0) is 12.8 Å². The number of carbonyl (C=O) groups is 2. The first kappa shape index (κ1) is 21.1. The van der Waals surface area contributed by atoms with Gasteiger partial charge in [-0.2, -0.15) is 0 Å². The zero-order valence-corrected chi connectivity index (χ0v) is 18.4. The highest BCUT2D eigenvalue weighted by Gasteiger charge is 2.28. The minimum Gasteiger partial charge on any atom is -0.491 e. The summed E-state index contributed by atoms with van der Waals surface area (Å²) in [7, 11) is 0. The smallest absolute Gasteiger partial charge is 0.337 e. The molecule has 3 aromatic rings. The number of hydrogen-bond donors (Lipinski definition) is 2. The van der Waals surface area contributed by atoms with E-state index in [9.17, 15) is 14.4 Å². The van der Waals surface area contributed by atoms with Crippen molar-refractivity contribution in [3.05, 3.63) is 56.3 Å². The Kier molecular flexibility index (Phi) is 5.58. The van der Waals surface area contributed by atoms with Crippen molar-refractivity contribution in [2.45, 2.75) is 46.1 Å². The molecule has 8 heteroatoms. The second kappa shape index (κ2) is 8.19. The number of fused-ring (bicyclic) bond motifs is 2. The van der Waals surface area contributed by atoms with Gasteiger partial charge in [-0.1, -0.05) is 6.92 Å². The van der Waals surface area contributed by atoms with Gasteiger partial charge < -0.3 is 20.2 Å². The fourth-order valence-electron chi connectivity index (χ4n) is 3.95. The minimum absolute atomic E-state index is 0.0459. The van der Waals surface area contributed by atoms with Crippen LogP contribution in [0.1, 0.15) is 58.3 Å². The van der Waals surface area contributed by atoms with Crippen molar-refractivity contribution in [3.8, 4) is 5.75 Å². The van der Waals surface area contributed by atoms with E-state index in [0.717, 1.165) is 35.8 Å². The van der Waals surface area contributed by atoms with Crippen LogP contribution in [0.2, 0.25) is 0 Å². The highest BCUT2D eigenvalue weighted by atomic mass is 32.1. The first-order chi connectivity index (χ1) is 14.7. The van der Waals surface area contributed by atoms with Gasteiger partial charge in [-0.15, -0.1) is 11.3 Å². The highest BCUT2D eigenvalue weighted by Crippen LogP contribution is 2.39. The molecule has 0 aliphatic heterocycles. The summed E-state index contributed by atoms with van der Waals surface area (Å²) in [4.78, 5) is 38.5. The number of benzene rings is 1. The number of ether oxygens (including phenoxy) is 1. The lowest BCUT2D eigenvalue weighted by atomic mass is 9.88. The van der Waals surface area contributed by atoms with Crippen LogP contribution >= 0.6 is 11.3 Å². The Morgan fingerprint density at radius 2 is 2.06 bits per heavy atom. The quantitative estimate of drug-likeness (QED) is 0.580. The maximum Gasteiger partial charge on any atom is 0.337 e. The molecule has 1 aliphatic rings. The molecule has 0 saturated heterocycles. The lowest BCUT2D eigenvalue weighted by Gasteiger charge is -2.18. The van der Waals surface area contributed by atoms with Crippen molar-refractivity contribution in [2.24, 2.45) is 11.7 Å². The Labute approximate surface area is 183 Å². The van der Waals surface area contributed by atoms with Crippen molar-refractivity contribution in [3.63, 3.8) is 0 Å². The number of rotatable bonds is 5. The standard InChI is InChI=1S/C23H24N2O5S/c1-11(2)29-13-5-7-14-16(10-19(26)30-17(14)9-13)22(28)25-23-20(21(24)27)15-6-4-12(3)8-18(15)31-23/h5,7,9-12H,4,6,8H2,1-3H3,(H2,24,27)(H,25,28). The summed E-state index contributed by atoms with van der Waals surface area (Å²) in [5.41, 5.74) is 6.72. The summed E-state index contributed by atoms with van der Waals surface area (Å²) in [6.07, 6.45) is 2.54. The molecule has 1 aliphatic carbocycles. The number of hydrogen-bond acceptors (Lipinski definition) is 6. The fraction of sp³-hybridized carbons (Fsp3) is 0.348. The molecule has 2 heterocycles. The van der Waals surface area contributed by atoms with E-state index < -0.39 is 17.4 Å². The largest absolute Gasteiger partial charge is 0.491 e. The van der Waals surface area contributed by atoms with Gasteiger partial charge in [-0.3, -0.25) is 9.59 Å². The first-order valence-corrected chi connectivity index (χ1v) is 11.0. The van der Waals surface area contributed by atoms with E-state index in [4.69, 9.17) is 14.9 Å². The van der Waals surface area contributed by atoms with Crippen molar-refractivity contribution in [1.82, 2.24) is 0 Å². The Morgan fingerprint density at radius 1 is 1.29 bits per heavy atom. The molecule has 0 bridgehead atoms. The predicted molar refractivity (Wildman–Crippen MR) is 120 cm³/mol. The number of primary amides is 1. The third-order valence-corrected chi connectivity index (χ3v) is 6.49. The first-order valence-electron chi connectivity index (χ1n) is 10.2. The number of thiophene rings is 1. The molecule has 162 valence electrons. The zero-order valence-electron chi connectivity index (χ0n) is 17.6. The van der Waals surface area contributed by atoms with Crippen LogP contribution in [0.25, 0.3) is 11.0 Å². The molecular formula is C23H24N2O5S. The molecule has 4 rings (SSSR count). The van der Waals surface area contributed by atoms with Crippen LogP contribution in [0.4, 0.5) is 5.00 Å². The number of anilines is 1. The molecule has 1 aromatic carbocycles. The zero-order chi connectivity index (χ0) is 22.3. The van der Waals surface area contributed by atoms with E-state index >= 15 is 0 Å². The molecule has 1 unspecified atom stereocenters.